The number of ether oxygens (including phenoxy) is 1. The van der Waals surface area contributed by atoms with Gasteiger partial charge in [-0.25, -0.2) is 0 Å². The summed E-state index contributed by atoms with van der Waals surface area (Å²) in [4.78, 5) is 2.97. The molecule has 1 heterocycles. The average Bonchev–Trinajstić information content (AvgIpc) is 2.52. The molecule has 1 unspecified atom stereocenters. The average molecular weight is 244 g/mol. The predicted octanol–water partition coefficient (Wildman–Crippen LogP) is 1.94. The van der Waals surface area contributed by atoms with Crippen LogP contribution in [0.1, 0.15) is 40.0 Å². The molecular formula is C12H24N2OS. The molecule has 1 aliphatic rings. The fourth-order valence-corrected chi connectivity index (χ4v) is 2.23. The largest absolute Gasteiger partial charge is 0.393 e. The third-order valence-corrected chi connectivity index (χ3v) is 3.34. The highest BCUT2D eigenvalue weighted by Crippen LogP contribution is 2.29. The van der Waals surface area contributed by atoms with E-state index in [1.807, 2.05) is 0 Å². The van der Waals surface area contributed by atoms with Gasteiger partial charge >= 0.3 is 0 Å². The molecule has 3 nitrogen and oxygen atoms in total. The van der Waals surface area contributed by atoms with E-state index in [4.69, 9.17) is 22.7 Å². The second-order valence-corrected chi connectivity index (χ2v) is 5.67. The van der Waals surface area contributed by atoms with E-state index in [-0.39, 0.29) is 5.60 Å². The number of nitrogens with two attached hydrogens (primary N) is 1. The van der Waals surface area contributed by atoms with E-state index in [1.165, 1.54) is 0 Å². The van der Waals surface area contributed by atoms with Gasteiger partial charge in [0.15, 0.2) is 0 Å². The number of thiocarbonyl (C=S) groups is 1. The normalized spacial score (nSPS) is 23.9. The minimum absolute atomic E-state index is 0.0627. The van der Waals surface area contributed by atoms with Gasteiger partial charge in [-0.1, -0.05) is 19.1 Å². The molecule has 0 bridgehead atoms. The first-order valence-corrected chi connectivity index (χ1v) is 6.52. The van der Waals surface area contributed by atoms with Crippen molar-refractivity contribution in [1.29, 1.82) is 0 Å². The third-order valence-electron chi connectivity index (χ3n) is 3.14. The Labute approximate surface area is 104 Å². The number of hydrogen-bond acceptors (Lipinski definition) is 3. The van der Waals surface area contributed by atoms with Crippen LogP contribution in [0.25, 0.3) is 0 Å². The van der Waals surface area contributed by atoms with Gasteiger partial charge in [-0.05, 0) is 33.2 Å². The van der Waals surface area contributed by atoms with Crippen LogP contribution >= 0.6 is 12.2 Å². The minimum atomic E-state index is 0.0627. The van der Waals surface area contributed by atoms with Crippen molar-refractivity contribution >= 4 is 17.2 Å². The maximum absolute atomic E-state index is 5.98. The quantitative estimate of drug-likeness (QED) is 0.725. The summed E-state index contributed by atoms with van der Waals surface area (Å²) in [6.07, 6.45) is 3.50. The fraction of sp³-hybridized carbons (Fsp3) is 0.917. The summed E-state index contributed by atoms with van der Waals surface area (Å²) in [5.74, 6) is 0. The lowest BCUT2D eigenvalue weighted by molar-refractivity contribution is -0.0278. The molecule has 0 amide bonds. The zero-order chi connectivity index (χ0) is 12.2. The van der Waals surface area contributed by atoms with Crippen LogP contribution in [0.3, 0.4) is 0 Å². The van der Waals surface area contributed by atoms with Crippen LogP contribution in [0.2, 0.25) is 0 Å². The fourth-order valence-electron chi connectivity index (χ4n) is 2.14. The van der Waals surface area contributed by atoms with Gasteiger partial charge in [-0.15, -0.1) is 0 Å². The second-order valence-electron chi connectivity index (χ2n) is 5.15. The van der Waals surface area contributed by atoms with E-state index in [0.717, 1.165) is 38.9 Å². The molecule has 2 N–H and O–H groups in total. The zero-order valence-electron chi connectivity index (χ0n) is 10.7. The SMILES string of the molecule is CCN(CCC(N)=S)CC1CCC(C)(C)O1. The van der Waals surface area contributed by atoms with Gasteiger partial charge < -0.3 is 15.4 Å². The lowest BCUT2D eigenvalue weighted by Gasteiger charge is -2.25. The van der Waals surface area contributed by atoms with Gasteiger partial charge in [0.05, 0.1) is 16.7 Å². The van der Waals surface area contributed by atoms with E-state index < -0.39 is 0 Å². The minimum Gasteiger partial charge on any atom is -0.393 e. The Morgan fingerprint density at radius 1 is 1.56 bits per heavy atom. The summed E-state index contributed by atoms with van der Waals surface area (Å²) in [6.45, 7) is 9.48. The van der Waals surface area contributed by atoms with E-state index in [2.05, 4.69) is 25.7 Å². The van der Waals surface area contributed by atoms with Crippen molar-refractivity contribution in [2.75, 3.05) is 19.6 Å². The summed E-state index contributed by atoms with van der Waals surface area (Å²) in [5.41, 5.74) is 5.58. The van der Waals surface area contributed by atoms with Crippen LogP contribution in [0.4, 0.5) is 0 Å². The van der Waals surface area contributed by atoms with Crippen molar-refractivity contribution in [2.24, 2.45) is 5.73 Å². The molecule has 1 rings (SSSR count). The van der Waals surface area contributed by atoms with Gasteiger partial charge in [0.1, 0.15) is 0 Å². The summed E-state index contributed by atoms with van der Waals surface area (Å²) in [5, 5.41) is 0. The zero-order valence-corrected chi connectivity index (χ0v) is 11.5. The van der Waals surface area contributed by atoms with Crippen molar-refractivity contribution in [2.45, 2.75) is 51.7 Å². The Balaban J connectivity index is 2.31. The van der Waals surface area contributed by atoms with Crippen molar-refractivity contribution in [3.63, 3.8) is 0 Å². The van der Waals surface area contributed by atoms with Crippen LogP contribution in [0, 0.1) is 0 Å². The Kier molecular flexibility index (Phi) is 5.15. The molecular weight excluding hydrogens is 220 g/mol. The summed E-state index contributed by atoms with van der Waals surface area (Å²) in [7, 11) is 0. The first-order chi connectivity index (χ1) is 7.43. The maximum atomic E-state index is 5.98. The van der Waals surface area contributed by atoms with Crippen molar-refractivity contribution in [3.8, 4) is 0 Å². The van der Waals surface area contributed by atoms with Crippen LogP contribution in [0.15, 0.2) is 0 Å². The van der Waals surface area contributed by atoms with Gasteiger partial charge in [-0.2, -0.15) is 0 Å². The van der Waals surface area contributed by atoms with Crippen molar-refractivity contribution in [3.05, 3.63) is 0 Å². The summed E-state index contributed by atoms with van der Waals surface area (Å²) >= 11 is 4.90. The molecule has 0 saturated carbocycles. The molecule has 1 fully saturated rings. The van der Waals surface area contributed by atoms with Gasteiger partial charge in [0, 0.05) is 19.5 Å². The molecule has 1 saturated heterocycles. The topological polar surface area (TPSA) is 38.5 Å². The Morgan fingerprint density at radius 2 is 2.25 bits per heavy atom. The van der Waals surface area contributed by atoms with Gasteiger partial charge in [0.2, 0.25) is 0 Å². The second kappa shape index (κ2) is 5.94. The maximum Gasteiger partial charge on any atom is 0.0740 e. The molecule has 0 aromatic heterocycles. The first-order valence-electron chi connectivity index (χ1n) is 6.11. The summed E-state index contributed by atoms with van der Waals surface area (Å²) in [6, 6.07) is 0. The highest BCUT2D eigenvalue weighted by molar-refractivity contribution is 7.80. The van der Waals surface area contributed by atoms with E-state index >= 15 is 0 Å². The molecule has 0 aromatic rings. The van der Waals surface area contributed by atoms with Crippen LogP contribution in [-0.2, 0) is 4.74 Å². The number of rotatable bonds is 6. The molecule has 4 heteroatoms. The molecule has 1 aliphatic heterocycles. The molecule has 0 radical (unpaired) electrons. The van der Waals surface area contributed by atoms with Crippen molar-refractivity contribution in [1.82, 2.24) is 4.90 Å². The third kappa shape index (κ3) is 4.76. The van der Waals surface area contributed by atoms with Crippen LogP contribution in [-0.4, -0.2) is 41.2 Å². The Bertz CT molecular complexity index is 243. The van der Waals surface area contributed by atoms with E-state index in [1.54, 1.807) is 0 Å². The highest BCUT2D eigenvalue weighted by atomic mass is 32.1. The van der Waals surface area contributed by atoms with E-state index in [9.17, 15) is 0 Å². The monoisotopic (exact) mass is 244 g/mol. The molecule has 0 spiro atoms. The Hall–Kier alpha value is -0.190. The lowest BCUT2D eigenvalue weighted by atomic mass is 10.1. The summed E-state index contributed by atoms with van der Waals surface area (Å²) < 4.78 is 5.98. The van der Waals surface area contributed by atoms with E-state index in [0.29, 0.717) is 11.1 Å². The standard InChI is InChI=1S/C12H24N2OS/c1-4-14(8-6-11(13)16)9-10-5-7-12(2,3)15-10/h10H,4-9H2,1-3H3,(H2,13,16). The van der Waals surface area contributed by atoms with Gasteiger partial charge in [-0.3, -0.25) is 0 Å². The molecule has 94 valence electrons. The Morgan fingerprint density at radius 3 is 2.69 bits per heavy atom. The predicted molar refractivity (Wildman–Crippen MR) is 71.7 cm³/mol. The van der Waals surface area contributed by atoms with Crippen molar-refractivity contribution < 1.29 is 4.74 Å². The number of nitrogens with zero attached hydrogens (tertiary/aromatic N) is 1. The number of likely N-dealkylation sites (N-methyl/N-ethyl adjacent to an activating group) is 1. The molecule has 16 heavy (non-hydrogen) atoms. The molecule has 0 aliphatic carbocycles. The highest BCUT2D eigenvalue weighted by Gasteiger charge is 2.32. The van der Waals surface area contributed by atoms with Gasteiger partial charge in [0.25, 0.3) is 0 Å². The molecule has 0 aromatic carbocycles. The number of hydrogen-bond donors (Lipinski definition) is 1. The lowest BCUT2D eigenvalue weighted by Crippen LogP contribution is -2.35. The molecule has 1 atom stereocenters. The van der Waals surface area contributed by atoms with Crippen LogP contribution in [0.5, 0.6) is 0 Å². The smallest absolute Gasteiger partial charge is 0.0740 e. The van der Waals surface area contributed by atoms with Crippen LogP contribution < -0.4 is 5.73 Å². The first kappa shape index (κ1) is 13.9.